The number of benzene rings is 2. The monoisotopic (exact) mass is 341 g/mol. The van der Waals surface area contributed by atoms with Crippen LogP contribution < -0.4 is 5.32 Å². The summed E-state index contributed by atoms with van der Waals surface area (Å²) in [6.07, 6.45) is 0. The van der Waals surface area contributed by atoms with Gasteiger partial charge in [-0.3, -0.25) is 10.1 Å². The zero-order valence-electron chi connectivity index (χ0n) is 12.2. The van der Waals surface area contributed by atoms with Gasteiger partial charge in [0.2, 0.25) is 0 Å². The molecule has 4 nitrogen and oxygen atoms in total. The summed E-state index contributed by atoms with van der Waals surface area (Å²) in [5, 5.41) is 5.10. The summed E-state index contributed by atoms with van der Waals surface area (Å²) < 4.78 is 2.88. The van der Waals surface area contributed by atoms with Gasteiger partial charge in [-0.1, -0.05) is 41.1 Å². The van der Waals surface area contributed by atoms with Crippen LogP contribution >= 0.6 is 22.9 Å². The molecule has 0 aliphatic heterocycles. The van der Waals surface area contributed by atoms with Gasteiger partial charge in [0, 0.05) is 23.0 Å². The number of hydrogen-bond acceptors (Lipinski definition) is 3. The molecule has 23 heavy (non-hydrogen) atoms. The highest BCUT2D eigenvalue weighted by molar-refractivity contribution is 7.22. The molecule has 0 atom stereocenters. The van der Waals surface area contributed by atoms with E-state index in [1.165, 1.54) is 11.3 Å². The smallest absolute Gasteiger partial charge is 0.274 e. The van der Waals surface area contributed by atoms with E-state index in [4.69, 9.17) is 11.6 Å². The Hall–Kier alpha value is -2.37. The lowest BCUT2D eigenvalue weighted by Crippen LogP contribution is -2.15. The largest absolute Gasteiger partial charge is 0.340 e. The lowest BCUT2D eigenvalue weighted by atomic mass is 10.2. The van der Waals surface area contributed by atoms with Crippen LogP contribution in [0.3, 0.4) is 0 Å². The third-order valence-electron chi connectivity index (χ3n) is 3.75. The van der Waals surface area contributed by atoms with Crippen LogP contribution in [0.2, 0.25) is 5.02 Å². The average Bonchev–Trinajstić information content (AvgIpc) is 3.08. The van der Waals surface area contributed by atoms with Crippen molar-refractivity contribution in [2.75, 3.05) is 5.32 Å². The highest BCUT2D eigenvalue weighted by atomic mass is 35.5. The molecule has 1 amide bonds. The Balaban J connectivity index is 1.70. The van der Waals surface area contributed by atoms with E-state index < -0.39 is 0 Å². The Morgan fingerprint density at radius 1 is 1.22 bits per heavy atom. The fraction of sp³-hybridized carbons (Fsp3) is 0.0588. The summed E-state index contributed by atoms with van der Waals surface area (Å²) in [7, 11) is 1.85. The first-order chi connectivity index (χ1) is 11.1. The standard InChI is InChI=1S/C17H12ClN3OS/c1-21-13-9-11(18)7-6-10(13)8-14(21)16(22)20-17-19-12-4-2-3-5-15(12)23-17/h2-9H,1H3,(H,19,20,22). The number of anilines is 1. The molecule has 2 heterocycles. The van der Waals surface area contributed by atoms with Gasteiger partial charge in [0.25, 0.3) is 5.91 Å². The predicted octanol–water partition coefficient (Wildman–Crippen LogP) is 4.69. The molecule has 0 aliphatic carbocycles. The molecular weight excluding hydrogens is 330 g/mol. The van der Waals surface area contributed by atoms with E-state index in [1.54, 1.807) is 0 Å². The number of aromatic nitrogens is 2. The molecule has 1 N–H and O–H groups in total. The van der Waals surface area contributed by atoms with E-state index in [9.17, 15) is 4.79 Å². The molecule has 0 radical (unpaired) electrons. The summed E-state index contributed by atoms with van der Waals surface area (Å²) in [5.41, 5.74) is 2.38. The summed E-state index contributed by atoms with van der Waals surface area (Å²) in [5.74, 6) is -0.182. The second-order valence-electron chi connectivity index (χ2n) is 5.23. The van der Waals surface area contributed by atoms with E-state index >= 15 is 0 Å². The molecule has 2 aromatic carbocycles. The Morgan fingerprint density at radius 3 is 2.87 bits per heavy atom. The summed E-state index contributed by atoms with van der Waals surface area (Å²) in [4.78, 5) is 17.0. The zero-order valence-corrected chi connectivity index (χ0v) is 13.8. The van der Waals surface area contributed by atoms with Gasteiger partial charge in [-0.15, -0.1) is 0 Å². The van der Waals surface area contributed by atoms with Crippen LogP contribution in [-0.4, -0.2) is 15.5 Å². The second kappa shape index (κ2) is 5.37. The maximum Gasteiger partial charge on any atom is 0.274 e. The molecule has 0 aliphatic rings. The highest BCUT2D eigenvalue weighted by Gasteiger charge is 2.15. The number of carbonyl (C=O) groups excluding carboxylic acids is 1. The maximum absolute atomic E-state index is 12.6. The van der Waals surface area contributed by atoms with Crippen molar-refractivity contribution in [2.24, 2.45) is 7.05 Å². The van der Waals surface area contributed by atoms with E-state index in [2.05, 4.69) is 10.3 Å². The minimum absolute atomic E-state index is 0.182. The highest BCUT2D eigenvalue weighted by Crippen LogP contribution is 2.27. The number of nitrogens with zero attached hydrogens (tertiary/aromatic N) is 2. The van der Waals surface area contributed by atoms with Gasteiger partial charge in [0.05, 0.1) is 10.2 Å². The van der Waals surface area contributed by atoms with Crippen LogP contribution in [0.5, 0.6) is 0 Å². The number of fused-ring (bicyclic) bond motifs is 2. The van der Waals surface area contributed by atoms with Crippen molar-refractivity contribution in [3.05, 3.63) is 59.2 Å². The van der Waals surface area contributed by atoms with Crippen molar-refractivity contribution in [1.29, 1.82) is 0 Å². The molecule has 0 saturated heterocycles. The third kappa shape index (κ3) is 2.48. The topological polar surface area (TPSA) is 46.9 Å². The lowest BCUT2D eigenvalue weighted by Gasteiger charge is -2.04. The number of hydrogen-bond donors (Lipinski definition) is 1. The molecule has 0 fully saturated rings. The van der Waals surface area contributed by atoms with Crippen LogP contribution in [0.15, 0.2) is 48.5 Å². The summed E-state index contributed by atoms with van der Waals surface area (Å²) in [6.45, 7) is 0. The SMILES string of the molecule is Cn1c(C(=O)Nc2nc3ccccc3s2)cc2ccc(Cl)cc21. The van der Waals surface area contributed by atoms with Crippen molar-refractivity contribution >= 4 is 55.1 Å². The average molecular weight is 342 g/mol. The number of nitrogens with one attached hydrogen (secondary N) is 1. The molecule has 0 saturated carbocycles. The Kier molecular flexibility index (Phi) is 3.32. The van der Waals surface area contributed by atoms with E-state index in [0.717, 1.165) is 21.1 Å². The second-order valence-corrected chi connectivity index (χ2v) is 6.70. The Labute approximate surface area is 141 Å². The van der Waals surface area contributed by atoms with Gasteiger partial charge < -0.3 is 4.57 Å². The van der Waals surface area contributed by atoms with Crippen LogP contribution in [0.25, 0.3) is 21.1 Å². The minimum Gasteiger partial charge on any atom is -0.340 e. The van der Waals surface area contributed by atoms with Crippen molar-refractivity contribution in [3.63, 3.8) is 0 Å². The van der Waals surface area contributed by atoms with Gasteiger partial charge >= 0.3 is 0 Å². The van der Waals surface area contributed by atoms with Crippen LogP contribution in [-0.2, 0) is 7.05 Å². The Bertz CT molecular complexity index is 1020. The minimum atomic E-state index is -0.182. The van der Waals surface area contributed by atoms with Crippen LogP contribution in [0.1, 0.15) is 10.5 Å². The van der Waals surface area contributed by atoms with Crippen molar-refractivity contribution in [3.8, 4) is 0 Å². The van der Waals surface area contributed by atoms with E-state index in [1.807, 2.05) is 60.1 Å². The van der Waals surface area contributed by atoms with Gasteiger partial charge in [0.1, 0.15) is 5.69 Å². The Morgan fingerprint density at radius 2 is 2.04 bits per heavy atom. The normalized spacial score (nSPS) is 11.2. The third-order valence-corrected chi connectivity index (χ3v) is 4.94. The van der Waals surface area contributed by atoms with E-state index in [0.29, 0.717) is 15.8 Å². The quantitative estimate of drug-likeness (QED) is 0.574. The predicted molar refractivity (Wildman–Crippen MR) is 95.5 cm³/mol. The first kappa shape index (κ1) is 14.2. The first-order valence-electron chi connectivity index (χ1n) is 7.04. The first-order valence-corrected chi connectivity index (χ1v) is 8.23. The molecule has 114 valence electrons. The molecule has 0 unspecified atom stereocenters. The lowest BCUT2D eigenvalue weighted by molar-refractivity contribution is 0.102. The molecule has 0 spiro atoms. The molecule has 4 aromatic rings. The fourth-order valence-corrected chi connectivity index (χ4v) is 3.64. The van der Waals surface area contributed by atoms with Gasteiger partial charge in [-0.25, -0.2) is 4.98 Å². The van der Waals surface area contributed by atoms with Crippen molar-refractivity contribution < 1.29 is 4.79 Å². The number of carbonyl (C=O) groups is 1. The summed E-state index contributed by atoms with van der Waals surface area (Å²) >= 11 is 7.49. The number of halogens is 1. The zero-order chi connectivity index (χ0) is 16.0. The van der Waals surface area contributed by atoms with Gasteiger partial charge in [0.15, 0.2) is 5.13 Å². The van der Waals surface area contributed by atoms with Gasteiger partial charge in [-0.05, 0) is 30.3 Å². The van der Waals surface area contributed by atoms with Crippen LogP contribution in [0.4, 0.5) is 5.13 Å². The molecule has 2 aromatic heterocycles. The van der Waals surface area contributed by atoms with Gasteiger partial charge in [-0.2, -0.15) is 0 Å². The maximum atomic E-state index is 12.6. The molecule has 0 bridgehead atoms. The van der Waals surface area contributed by atoms with Crippen molar-refractivity contribution in [1.82, 2.24) is 9.55 Å². The summed E-state index contributed by atoms with van der Waals surface area (Å²) in [6, 6.07) is 15.2. The number of aryl methyl sites for hydroxylation is 1. The number of rotatable bonds is 2. The molecule has 6 heteroatoms. The molecule has 4 rings (SSSR count). The number of amides is 1. The number of thiazole rings is 1. The van der Waals surface area contributed by atoms with E-state index in [-0.39, 0.29) is 5.91 Å². The number of para-hydroxylation sites is 1. The fourth-order valence-electron chi connectivity index (χ4n) is 2.61. The molecular formula is C17H12ClN3OS. The van der Waals surface area contributed by atoms with Crippen LogP contribution in [0, 0.1) is 0 Å². The van der Waals surface area contributed by atoms with Crippen molar-refractivity contribution in [2.45, 2.75) is 0 Å².